The van der Waals surface area contributed by atoms with Gasteiger partial charge in [-0.1, -0.05) is 35.8 Å². The average Bonchev–Trinajstić information content (AvgIpc) is 2.25. The topological polar surface area (TPSA) is 12.0 Å². The van der Waals surface area contributed by atoms with Crippen molar-refractivity contribution in [3.63, 3.8) is 0 Å². The monoisotopic (exact) mass is 301 g/mol. The van der Waals surface area contributed by atoms with Crippen molar-refractivity contribution in [1.29, 1.82) is 0 Å². The third-order valence-electron chi connectivity index (χ3n) is 2.45. The highest BCUT2D eigenvalue weighted by Gasteiger charge is 2.08. The van der Waals surface area contributed by atoms with Gasteiger partial charge in [0, 0.05) is 21.2 Å². The van der Waals surface area contributed by atoms with Crippen molar-refractivity contribution >= 4 is 27.7 Å². The molecule has 0 amide bonds. The molecule has 1 unspecified atom stereocenters. The molecule has 1 nitrogen and oxygen atoms in total. The van der Waals surface area contributed by atoms with Crippen LogP contribution in [0.5, 0.6) is 0 Å². The molecule has 0 aliphatic heterocycles. The lowest BCUT2D eigenvalue weighted by molar-refractivity contribution is 0.649. The SMILES string of the molecule is CNC(C)c1ccc(SCC(C)C)cc1Br. The lowest BCUT2D eigenvalue weighted by Gasteiger charge is -2.14. The largest absolute Gasteiger partial charge is 0.313 e. The third-order valence-corrected chi connectivity index (χ3v) is 4.56. The zero-order valence-corrected chi connectivity index (χ0v) is 12.8. The molecule has 0 radical (unpaired) electrons. The van der Waals surface area contributed by atoms with Gasteiger partial charge < -0.3 is 5.32 Å². The summed E-state index contributed by atoms with van der Waals surface area (Å²) in [7, 11) is 1.98. The van der Waals surface area contributed by atoms with Crippen molar-refractivity contribution in [1.82, 2.24) is 5.32 Å². The van der Waals surface area contributed by atoms with Crippen molar-refractivity contribution in [2.24, 2.45) is 5.92 Å². The van der Waals surface area contributed by atoms with Gasteiger partial charge in [-0.2, -0.15) is 0 Å². The molecular formula is C13H20BrNS. The predicted octanol–water partition coefficient (Wildman–Crippen LogP) is 4.48. The summed E-state index contributed by atoms with van der Waals surface area (Å²) < 4.78 is 1.20. The predicted molar refractivity (Wildman–Crippen MR) is 77.2 cm³/mol. The number of nitrogens with one attached hydrogen (secondary N) is 1. The standard InChI is InChI=1S/C13H20BrNS/c1-9(2)8-16-11-5-6-12(10(3)15-4)13(14)7-11/h5-7,9-10,15H,8H2,1-4H3. The Hall–Kier alpha value is 0.01000. The molecule has 0 saturated carbocycles. The Labute approximate surface area is 112 Å². The Balaban J connectivity index is 2.74. The fourth-order valence-electron chi connectivity index (χ4n) is 1.37. The highest BCUT2D eigenvalue weighted by atomic mass is 79.9. The molecule has 0 aliphatic carbocycles. The summed E-state index contributed by atoms with van der Waals surface area (Å²) in [5.41, 5.74) is 1.32. The van der Waals surface area contributed by atoms with Crippen LogP contribution >= 0.6 is 27.7 Å². The maximum absolute atomic E-state index is 3.64. The fraction of sp³-hybridized carbons (Fsp3) is 0.538. The van der Waals surface area contributed by atoms with Gasteiger partial charge in [0.05, 0.1) is 0 Å². The number of thioether (sulfide) groups is 1. The Morgan fingerprint density at radius 1 is 1.31 bits per heavy atom. The van der Waals surface area contributed by atoms with E-state index in [9.17, 15) is 0 Å². The highest BCUT2D eigenvalue weighted by molar-refractivity contribution is 9.10. The summed E-state index contributed by atoms with van der Waals surface area (Å²) in [4.78, 5) is 1.34. The van der Waals surface area contributed by atoms with Gasteiger partial charge >= 0.3 is 0 Å². The van der Waals surface area contributed by atoms with Crippen LogP contribution in [-0.4, -0.2) is 12.8 Å². The van der Waals surface area contributed by atoms with Crippen LogP contribution in [0.25, 0.3) is 0 Å². The smallest absolute Gasteiger partial charge is 0.0300 e. The molecule has 0 spiro atoms. The molecule has 0 fully saturated rings. The zero-order chi connectivity index (χ0) is 12.1. The van der Waals surface area contributed by atoms with Crippen LogP contribution in [0.4, 0.5) is 0 Å². The molecule has 1 atom stereocenters. The lowest BCUT2D eigenvalue weighted by atomic mass is 10.1. The molecule has 3 heteroatoms. The molecule has 16 heavy (non-hydrogen) atoms. The van der Waals surface area contributed by atoms with Gasteiger partial charge in [0.2, 0.25) is 0 Å². The van der Waals surface area contributed by atoms with E-state index in [1.807, 2.05) is 18.8 Å². The summed E-state index contributed by atoms with van der Waals surface area (Å²) in [5.74, 6) is 1.91. The number of hydrogen-bond acceptors (Lipinski definition) is 2. The normalized spacial score (nSPS) is 13.1. The first kappa shape index (κ1) is 14.1. The van der Waals surface area contributed by atoms with Crippen molar-refractivity contribution in [2.75, 3.05) is 12.8 Å². The molecule has 0 bridgehead atoms. The Morgan fingerprint density at radius 3 is 2.50 bits per heavy atom. The lowest BCUT2D eigenvalue weighted by Crippen LogP contribution is -2.12. The van der Waals surface area contributed by atoms with Gasteiger partial charge in [-0.15, -0.1) is 11.8 Å². The minimum absolute atomic E-state index is 0.388. The summed E-state index contributed by atoms with van der Waals surface area (Å²) in [6.45, 7) is 6.67. The number of benzene rings is 1. The Kier molecular flexibility index (Phi) is 5.87. The fourth-order valence-corrected chi connectivity index (χ4v) is 3.13. The molecule has 0 saturated heterocycles. The summed E-state index contributed by atoms with van der Waals surface area (Å²) in [6.07, 6.45) is 0. The highest BCUT2D eigenvalue weighted by Crippen LogP contribution is 2.29. The molecule has 1 N–H and O–H groups in total. The van der Waals surface area contributed by atoms with Crippen LogP contribution in [0, 0.1) is 5.92 Å². The molecule has 0 aromatic heterocycles. The second-order valence-corrected chi connectivity index (χ2v) is 6.35. The van der Waals surface area contributed by atoms with Gasteiger partial charge in [0.1, 0.15) is 0 Å². The summed E-state index contributed by atoms with van der Waals surface area (Å²) in [6, 6.07) is 7.02. The van der Waals surface area contributed by atoms with E-state index in [0.29, 0.717) is 6.04 Å². The second-order valence-electron chi connectivity index (χ2n) is 4.40. The number of halogens is 1. The van der Waals surface area contributed by atoms with Crippen LogP contribution in [0.1, 0.15) is 32.4 Å². The first-order chi connectivity index (χ1) is 7.54. The quantitative estimate of drug-likeness (QED) is 0.805. The molecule has 0 heterocycles. The average molecular weight is 302 g/mol. The van der Waals surface area contributed by atoms with Crippen molar-refractivity contribution in [3.8, 4) is 0 Å². The van der Waals surface area contributed by atoms with Crippen LogP contribution in [-0.2, 0) is 0 Å². The number of rotatable bonds is 5. The minimum Gasteiger partial charge on any atom is -0.313 e. The van der Waals surface area contributed by atoms with Gasteiger partial charge in [-0.25, -0.2) is 0 Å². The molecule has 1 rings (SSSR count). The first-order valence-electron chi connectivity index (χ1n) is 5.64. The van der Waals surface area contributed by atoms with E-state index in [2.05, 4.69) is 60.2 Å². The van der Waals surface area contributed by atoms with E-state index in [1.54, 1.807) is 0 Å². The molecular weight excluding hydrogens is 282 g/mol. The van der Waals surface area contributed by atoms with E-state index >= 15 is 0 Å². The second kappa shape index (κ2) is 6.67. The van der Waals surface area contributed by atoms with E-state index in [4.69, 9.17) is 0 Å². The maximum Gasteiger partial charge on any atom is 0.0300 e. The minimum atomic E-state index is 0.388. The van der Waals surface area contributed by atoms with Gasteiger partial charge in [-0.05, 0) is 37.6 Å². The maximum atomic E-state index is 3.64. The van der Waals surface area contributed by atoms with Crippen LogP contribution in [0.15, 0.2) is 27.6 Å². The van der Waals surface area contributed by atoms with Crippen LogP contribution < -0.4 is 5.32 Å². The third kappa shape index (κ3) is 4.11. The molecule has 0 aliphatic rings. The van der Waals surface area contributed by atoms with Gasteiger partial charge in [-0.3, -0.25) is 0 Å². The van der Waals surface area contributed by atoms with Gasteiger partial charge in [0.15, 0.2) is 0 Å². The zero-order valence-electron chi connectivity index (χ0n) is 10.4. The van der Waals surface area contributed by atoms with E-state index < -0.39 is 0 Å². The number of hydrogen-bond donors (Lipinski definition) is 1. The molecule has 1 aromatic rings. The van der Waals surface area contributed by atoms with Crippen molar-refractivity contribution in [3.05, 3.63) is 28.2 Å². The van der Waals surface area contributed by atoms with Gasteiger partial charge in [0.25, 0.3) is 0 Å². The van der Waals surface area contributed by atoms with E-state index in [1.165, 1.54) is 20.7 Å². The summed E-state index contributed by atoms with van der Waals surface area (Å²) >= 11 is 5.56. The van der Waals surface area contributed by atoms with Crippen LogP contribution in [0.3, 0.4) is 0 Å². The molecule has 1 aromatic carbocycles. The van der Waals surface area contributed by atoms with Crippen molar-refractivity contribution < 1.29 is 0 Å². The Bertz CT molecular complexity index is 339. The Morgan fingerprint density at radius 2 is 2.00 bits per heavy atom. The van der Waals surface area contributed by atoms with E-state index in [-0.39, 0.29) is 0 Å². The van der Waals surface area contributed by atoms with Crippen molar-refractivity contribution in [2.45, 2.75) is 31.7 Å². The van der Waals surface area contributed by atoms with E-state index in [0.717, 1.165) is 5.92 Å². The first-order valence-corrected chi connectivity index (χ1v) is 7.42. The summed E-state index contributed by atoms with van der Waals surface area (Å²) in [5, 5.41) is 3.25. The van der Waals surface area contributed by atoms with Crippen LogP contribution in [0.2, 0.25) is 0 Å². The molecule has 90 valence electrons.